The molecule has 2 amide bonds. The van der Waals surface area contributed by atoms with Gasteiger partial charge in [-0.15, -0.1) is 23.5 Å². The number of ether oxygens (including phenoxy) is 3. The predicted molar refractivity (Wildman–Crippen MR) is 128 cm³/mol. The maximum absolute atomic E-state index is 11.8. The molecule has 190 valence electrons. The van der Waals surface area contributed by atoms with Crippen LogP contribution in [0.2, 0.25) is 0 Å². The number of carbonyl (C=O) groups excluding carboxylic acids is 3. The smallest absolute Gasteiger partial charge is 0.410 e. The Morgan fingerprint density at radius 3 is 1.55 bits per heavy atom. The molecule has 0 aromatic carbocycles. The third kappa shape index (κ3) is 11.2. The molecule has 2 atom stereocenters. The highest BCUT2D eigenvalue weighted by Crippen LogP contribution is 2.22. The van der Waals surface area contributed by atoms with Crippen molar-refractivity contribution in [2.45, 2.75) is 63.2 Å². The molecule has 2 heterocycles. The van der Waals surface area contributed by atoms with E-state index in [0.717, 1.165) is 5.75 Å². The molecule has 0 saturated carbocycles. The van der Waals surface area contributed by atoms with Gasteiger partial charge in [0.05, 0.1) is 7.11 Å². The number of carbonyl (C=O) groups is 4. The second-order valence-corrected chi connectivity index (χ2v) is 12.1. The highest BCUT2D eigenvalue weighted by molar-refractivity contribution is 8.00. The Morgan fingerprint density at radius 2 is 1.18 bits per heavy atom. The number of methoxy groups -OCH3 is 1. The van der Waals surface area contributed by atoms with E-state index in [1.165, 1.54) is 35.5 Å². The van der Waals surface area contributed by atoms with Gasteiger partial charge in [-0.1, -0.05) is 0 Å². The number of hydrogen-bond donors (Lipinski definition) is 1. The summed E-state index contributed by atoms with van der Waals surface area (Å²) in [4.78, 5) is 48.7. The van der Waals surface area contributed by atoms with E-state index in [9.17, 15) is 19.2 Å². The Hall–Kier alpha value is -1.82. The van der Waals surface area contributed by atoms with E-state index in [-0.39, 0.29) is 23.9 Å². The fraction of sp³-hybridized carbons (Fsp3) is 0.810. The molecule has 2 aliphatic rings. The van der Waals surface area contributed by atoms with Crippen LogP contribution in [0.4, 0.5) is 9.59 Å². The molecule has 33 heavy (non-hydrogen) atoms. The standard InChI is InChI=1S/C11H19NO4S.C10H17NO4S/c1-11(2,3)16-10(14)12-5-6-17-8(7-12)9(13)15-4;1-10(2,3)15-9(14)11-4-5-16-7(6-11)8(12)13/h8H,5-7H2,1-4H3;7H,4-6H2,1-3H3,(H,12,13). The van der Waals surface area contributed by atoms with Gasteiger partial charge in [-0.2, -0.15) is 0 Å². The number of thioether (sulfide) groups is 2. The zero-order valence-electron chi connectivity index (χ0n) is 20.4. The summed E-state index contributed by atoms with van der Waals surface area (Å²) in [6, 6.07) is 0. The topological polar surface area (TPSA) is 123 Å². The van der Waals surface area contributed by atoms with Crippen LogP contribution >= 0.6 is 23.5 Å². The summed E-state index contributed by atoms with van der Waals surface area (Å²) in [5.74, 6) is 0.191. The first-order valence-corrected chi connectivity index (χ1v) is 12.7. The minimum Gasteiger partial charge on any atom is -0.480 e. The number of hydrogen-bond acceptors (Lipinski definition) is 9. The lowest BCUT2D eigenvalue weighted by molar-refractivity contribution is -0.140. The summed E-state index contributed by atoms with van der Waals surface area (Å²) >= 11 is 2.87. The maximum atomic E-state index is 11.8. The molecule has 2 unspecified atom stereocenters. The highest BCUT2D eigenvalue weighted by atomic mass is 32.2. The molecule has 2 saturated heterocycles. The number of amides is 2. The lowest BCUT2D eigenvalue weighted by atomic mass is 10.2. The van der Waals surface area contributed by atoms with Crippen LogP contribution in [0.15, 0.2) is 0 Å². The number of rotatable bonds is 2. The summed E-state index contributed by atoms with van der Waals surface area (Å²) in [6.07, 6.45) is -0.800. The predicted octanol–water partition coefficient (Wildman–Crippen LogP) is 2.94. The molecule has 0 radical (unpaired) electrons. The third-order valence-corrected chi connectivity index (χ3v) is 6.51. The number of carboxylic acid groups (broad SMARTS) is 1. The van der Waals surface area contributed by atoms with Crippen LogP contribution in [-0.4, -0.2) is 106 Å². The summed E-state index contributed by atoms with van der Waals surface area (Å²) < 4.78 is 15.1. The summed E-state index contributed by atoms with van der Waals surface area (Å²) in [5.41, 5.74) is -1.05. The van der Waals surface area contributed by atoms with E-state index in [1.807, 2.05) is 20.8 Å². The van der Waals surface area contributed by atoms with Gasteiger partial charge in [0, 0.05) is 37.7 Å². The molecule has 1 N–H and O–H groups in total. The van der Waals surface area contributed by atoms with Crippen molar-refractivity contribution in [3.63, 3.8) is 0 Å². The second kappa shape index (κ2) is 12.6. The van der Waals surface area contributed by atoms with Crippen molar-refractivity contribution in [2.75, 3.05) is 44.8 Å². The molecule has 0 bridgehead atoms. The fourth-order valence-corrected chi connectivity index (χ4v) is 4.87. The summed E-state index contributed by atoms with van der Waals surface area (Å²) in [6.45, 7) is 12.6. The summed E-state index contributed by atoms with van der Waals surface area (Å²) in [5, 5.41) is 8.03. The van der Waals surface area contributed by atoms with Gasteiger partial charge in [0.25, 0.3) is 0 Å². The normalized spacial score (nSPS) is 21.3. The average molecular weight is 509 g/mol. The minimum absolute atomic E-state index is 0.217. The zero-order valence-corrected chi connectivity index (χ0v) is 22.0. The largest absolute Gasteiger partial charge is 0.480 e. The molecule has 0 aromatic rings. The lowest BCUT2D eigenvalue weighted by Crippen LogP contribution is -2.46. The lowest BCUT2D eigenvalue weighted by Gasteiger charge is -2.32. The van der Waals surface area contributed by atoms with Crippen molar-refractivity contribution < 1.29 is 38.5 Å². The van der Waals surface area contributed by atoms with Crippen LogP contribution < -0.4 is 0 Å². The van der Waals surface area contributed by atoms with E-state index in [2.05, 4.69) is 4.74 Å². The van der Waals surface area contributed by atoms with Gasteiger partial charge < -0.3 is 29.1 Å². The first-order valence-electron chi connectivity index (χ1n) is 10.6. The average Bonchev–Trinajstić information content (AvgIpc) is 2.71. The Balaban J connectivity index is 0.000000331. The van der Waals surface area contributed by atoms with Crippen LogP contribution in [0.25, 0.3) is 0 Å². The number of esters is 1. The van der Waals surface area contributed by atoms with Crippen molar-refractivity contribution in [1.82, 2.24) is 9.80 Å². The van der Waals surface area contributed by atoms with Crippen molar-refractivity contribution in [3.05, 3.63) is 0 Å². The Bertz CT molecular complexity index is 705. The Morgan fingerprint density at radius 1 is 0.788 bits per heavy atom. The van der Waals surface area contributed by atoms with Gasteiger partial charge in [-0.25, -0.2) is 9.59 Å². The zero-order chi connectivity index (χ0) is 25.4. The molecular weight excluding hydrogens is 472 g/mol. The molecule has 0 spiro atoms. The van der Waals surface area contributed by atoms with Gasteiger partial charge in [-0.3, -0.25) is 9.59 Å². The third-order valence-electron chi connectivity index (χ3n) is 4.18. The van der Waals surface area contributed by atoms with Crippen LogP contribution in [0.3, 0.4) is 0 Å². The van der Waals surface area contributed by atoms with E-state index in [0.29, 0.717) is 25.4 Å². The SMILES string of the molecule is CC(C)(C)OC(=O)N1CCSC(C(=O)O)C1.COC(=O)C1CN(C(=O)OC(C)(C)C)CCS1. The van der Waals surface area contributed by atoms with E-state index in [1.54, 1.807) is 25.7 Å². The Kier molecular flexibility index (Phi) is 11.1. The molecule has 2 fully saturated rings. The second-order valence-electron chi connectivity index (χ2n) is 9.43. The van der Waals surface area contributed by atoms with Crippen molar-refractivity contribution in [3.8, 4) is 0 Å². The van der Waals surface area contributed by atoms with Crippen LogP contribution in [0.5, 0.6) is 0 Å². The fourth-order valence-electron chi connectivity index (χ4n) is 2.71. The maximum Gasteiger partial charge on any atom is 0.410 e. The van der Waals surface area contributed by atoms with Gasteiger partial charge in [0.1, 0.15) is 21.7 Å². The first kappa shape index (κ1) is 29.2. The van der Waals surface area contributed by atoms with E-state index in [4.69, 9.17) is 14.6 Å². The quantitative estimate of drug-likeness (QED) is 0.440. The molecule has 12 heteroatoms. The van der Waals surface area contributed by atoms with Crippen LogP contribution in [0, 0.1) is 0 Å². The highest BCUT2D eigenvalue weighted by Gasteiger charge is 2.32. The Labute approximate surface area is 204 Å². The molecule has 0 aliphatic carbocycles. The molecule has 2 rings (SSSR count). The van der Waals surface area contributed by atoms with Crippen LogP contribution in [0.1, 0.15) is 41.5 Å². The molecular formula is C21H36N2O8S2. The molecule has 0 aromatic heterocycles. The number of carboxylic acids is 1. The molecule has 2 aliphatic heterocycles. The van der Waals surface area contributed by atoms with E-state index < -0.39 is 28.5 Å². The minimum atomic E-state index is -0.877. The number of nitrogens with zero attached hydrogens (tertiary/aromatic N) is 2. The van der Waals surface area contributed by atoms with Crippen molar-refractivity contribution in [1.29, 1.82) is 0 Å². The van der Waals surface area contributed by atoms with Crippen molar-refractivity contribution >= 4 is 47.6 Å². The van der Waals surface area contributed by atoms with Gasteiger partial charge in [-0.05, 0) is 41.5 Å². The van der Waals surface area contributed by atoms with Gasteiger partial charge in [0.15, 0.2) is 0 Å². The number of aliphatic carboxylic acids is 1. The van der Waals surface area contributed by atoms with Gasteiger partial charge in [0.2, 0.25) is 0 Å². The van der Waals surface area contributed by atoms with E-state index >= 15 is 0 Å². The monoisotopic (exact) mass is 508 g/mol. The van der Waals surface area contributed by atoms with Crippen molar-refractivity contribution in [2.24, 2.45) is 0 Å². The van der Waals surface area contributed by atoms with Crippen LogP contribution in [-0.2, 0) is 23.8 Å². The first-order chi connectivity index (χ1) is 15.1. The molecule has 10 nitrogen and oxygen atoms in total. The summed E-state index contributed by atoms with van der Waals surface area (Å²) in [7, 11) is 1.36. The van der Waals surface area contributed by atoms with Gasteiger partial charge >= 0.3 is 24.1 Å².